The molecular formula is C13H23NO2. The van der Waals surface area contributed by atoms with Crippen molar-refractivity contribution in [2.45, 2.75) is 56.6 Å². The van der Waals surface area contributed by atoms with Crippen molar-refractivity contribution in [2.24, 2.45) is 5.73 Å². The second-order valence-electron chi connectivity index (χ2n) is 4.97. The predicted molar refractivity (Wildman–Crippen MR) is 64.1 cm³/mol. The van der Waals surface area contributed by atoms with E-state index in [1.54, 1.807) is 7.11 Å². The van der Waals surface area contributed by atoms with Gasteiger partial charge in [-0.1, -0.05) is 19.3 Å². The maximum atomic E-state index is 6.40. The Morgan fingerprint density at radius 3 is 2.62 bits per heavy atom. The van der Waals surface area contributed by atoms with Crippen LogP contribution in [0.3, 0.4) is 0 Å². The molecule has 2 aliphatic rings. The van der Waals surface area contributed by atoms with Crippen LogP contribution in [0.4, 0.5) is 0 Å². The van der Waals surface area contributed by atoms with Gasteiger partial charge in [-0.15, -0.1) is 0 Å². The van der Waals surface area contributed by atoms with Crippen LogP contribution in [0, 0.1) is 0 Å². The van der Waals surface area contributed by atoms with E-state index in [1.807, 2.05) is 6.26 Å². The van der Waals surface area contributed by atoms with Crippen molar-refractivity contribution in [1.29, 1.82) is 0 Å². The third-order valence-electron chi connectivity index (χ3n) is 4.04. The minimum absolute atomic E-state index is 0.0121. The summed E-state index contributed by atoms with van der Waals surface area (Å²) < 4.78 is 11.2. The molecule has 0 bridgehead atoms. The van der Waals surface area contributed by atoms with Gasteiger partial charge < -0.3 is 15.2 Å². The molecular weight excluding hydrogens is 202 g/mol. The molecule has 1 aliphatic heterocycles. The summed E-state index contributed by atoms with van der Waals surface area (Å²) in [7, 11) is 1.80. The second-order valence-corrected chi connectivity index (χ2v) is 4.97. The minimum Gasteiger partial charge on any atom is -0.501 e. The van der Waals surface area contributed by atoms with Crippen molar-refractivity contribution >= 4 is 0 Å². The van der Waals surface area contributed by atoms with Gasteiger partial charge in [-0.05, 0) is 31.3 Å². The summed E-state index contributed by atoms with van der Waals surface area (Å²) in [6.07, 6.45) is 9.96. The largest absolute Gasteiger partial charge is 0.501 e. The Morgan fingerprint density at radius 2 is 2.06 bits per heavy atom. The molecule has 0 saturated heterocycles. The fourth-order valence-corrected chi connectivity index (χ4v) is 2.94. The molecule has 1 saturated carbocycles. The van der Waals surface area contributed by atoms with E-state index in [2.05, 4.69) is 0 Å². The van der Waals surface area contributed by atoms with Crippen LogP contribution in [0.2, 0.25) is 0 Å². The molecule has 2 N–H and O–H groups in total. The number of hydrogen-bond acceptors (Lipinski definition) is 3. The van der Waals surface area contributed by atoms with Crippen LogP contribution < -0.4 is 5.73 Å². The fraction of sp³-hybridized carbons (Fsp3) is 0.846. The monoisotopic (exact) mass is 225 g/mol. The lowest BCUT2D eigenvalue weighted by Crippen LogP contribution is -2.52. The summed E-state index contributed by atoms with van der Waals surface area (Å²) in [6.45, 7) is 0.830. The standard InChI is InChI=1S/C13H23NO2/c1-15-13(7-3-2-4-8-13)12(14)11-6-5-9-16-10-11/h10,12H,2-9,14H2,1H3. The van der Waals surface area contributed by atoms with Crippen LogP contribution in [0.15, 0.2) is 11.8 Å². The first-order chi connectivity index (χ1) is 7.78. The average molecular weight is 225 g/mol. The minimum atomic E-state index is -0.134. The molecule has 1 aliphatic carbocycles. The summed E-state index contributed by atoms with van der Waals surface area (Å²) >= 11 is 0. The van der Waals surface area contributed by atoms with Gasteiger partial charge in [-0.25, -0.2) is 0 Å². The Labute approximate surface area is 98.0 Å². The first kappa shape index (κ1) is 11.9. The van der Waals surface area contributed by atoms with E-state index in [9.17, 15) is 0 Å². The lowest BCUT2D eigenvalue weighted by molar-refractivity contribution is -0.0522. The lowest BCUT2D eigenvalue weighted by atomic mass is 9.76. The normalized spacial score (nSPS) is 26.8. The molecule has 3 nitrogen and oxygen atoms in total. The van der Waals surface area contributed by atoms with Crippen molar-refractivity contribution in [3.05, 3.63) is 11.8 Å². The molecule has 0 amide bonds. The maximum Gasteiger partial charge on any atom is 0.0876 e. The van der Waals surface area contributed by atoms with Crippen molar-refractivity contribution in [3.8, 4) is 0 Å². The van der Waals surface area contributed by atoms with Gasteiger partial charge in [0.1, 0.15) is 0 Å². The topological polar surface area (TPSA) is 44.5 Å². The highest BCUT2D eigenvalue weighted by atomic mass is 16.5. The molecule has 1 unspecified atom stereocenters. The molecule has 1 fully saturated rings. The van der Waals surface area contributed by atoms with Gasteiger partial charge in [-0.2, -0.15) is 0 Å². The highest BCUT2D eigenvalue weighted by molar-refractivity contribution is 5.16. The van der Waals surface area contributed by atoms with Crippen molar-refractivity contribution in [3.63, 3.8) is 0 Å². The summed E-state index contributed by atoms with van der Waals surface area (Å²) in [5.41, 5.74) is 7.49. The molecule has 0 spiro atoms. The highest BCUT2D eigenvalue weighted by Gasteiger charge is 2.40. The van der Waals surface area contributed by atoms with Crippen LogP contribution in [0.5, 0.6) is 0 Å². The van der Waals surface area contributed by atoms with Gasteiger partial charge in [0.2, 0.25) is 0 Å². The molecule has 1 heterocycles. The van der Waals surface area contributed by atoms with E-state index < -0.39 is 0 Å². The molecule has 3 heteroatoms. The summed E-state index contributed by atoms with van der Waals surface area (Å²) in [6, 6.07) is 0.0121. The van der Waals surface area contributed by atoms with Crippen LogP contribution in [0.1, 0.15) is 44.9 Å². The van der Waals surface area contributed by atoms with E-state index in [0.29, 0.717) is 0 Å². The van der Waals surface area contributed by atoms with Crippen LogP contribution in [-0.4, -0.2) is 25.4 Å². The van der Waals surface area contributed by atoms with Gasteiger partial charge in [-0.3, -0.25) is 0 Å². The molecule has 2 rings (SSSR count). The maximum absolute atomic E-state index is 6.40. The van der Waals surface area contributed by atoms with Crippen molar-refractivity contribution in [2.75, 3.05) is 13.7 Å². The molecule has 92 valence electrons. The van der Waals surface area contributed by atoms with Gasteiger partial charge >= 0.3 is 0 Å². The number of hydrogen-bond donors (Lipinski definition) is 1. The highest BCUT2D eigenvalue weighted by Crippen LogP contribution is 2.37. The van der Waals surface area contributed by atoms with Gasteiger partial charge in [0.25, 0.3) is 0 Å². The number of nitrogens with two attached hydrogens (primary N) is 1. The van der Waals surface area contributed by atoms with Gasteiger partial charge in [0.05, 0.1) is 24.5 Å². The van der Waals surface area contributed by atoms with E-state index in [-0.39, 0.29) is 11.6 Å². The Balaban J connectivity index is 2.10. The van der Waals surface area contributed by atoms with Gasteiger partial charge in [0, 0.05) is 7.11 Å². The van der Waals surface area contributed by atoms with Gasteiger partial charge in [0.15, 0.2) is 0 Å². The number of methoxy groups -OCH3 is 1. The Morgan fingerprint density at radius 1 is 1.31 bits per heavy atom. The summed E-state index contributed by atoms with van der Waals surface area (Å²) in [5.74, 6) is 0. The third-order valence-corrected chi connectivity index (χ3v) is 4.04. The van der Waals surface area contributed by atoms with E-state index in [1.165, 1.54) is 24.8 Å². The molecule has 0 aromatic heterocycles. The Kier molecular flexibility index (Phi) is 3.87. The zero-order valence-electron chi connectivity index (χ0n) is 10.2. The predicted octanol–water partition coefficient (Wildman–Crippen LogP) is 2.36. The first-order valence-electron chi connectivity index (χ1n) is 6.40. The van der Waals surface area contributed by atoms with Crippen molar-refractivity contribution < 1.29 is 9.47 Å². The smallest absolute Gasteiger partial charge is 0.0876 e. The van der Waals surface area contributed by atoms with Crippen LogP contribution in [-0.2, 0) is 9.47 Å². The molecule has 16 heavy (non-hydrogen) atoms. The van der Waals surface area contributed by atoms with Crippen LogP contribution in [0.25, 0.3) is 0 Å². The number of rotatable bonds is 3. The quantitative estimate of drug-likeness (QED) is 0.802. The average Bonchev–Trinajstić information content (AvgIpc) is 2.39. The Hall–Kier alpha value is -0.540. The van der Waals surface area contributed by atoms with Crippen LogP contribution >= 0.6 is 0 Å². The zero-order chi connectivity index (χ0) is 11.4. The lowest BCUT2D eigenvalue weighted by Gasteiger charge is -2.42. The zero-order valence-corrected chi connectivity index (χ0v) is 10.2. The molecule has 0 radical (unpaired) electrons. The second kappa shape index (κ2) is 5.19. The van der Waals surface area contributed by atoms with E-state index in [0.717, 1.165) is 32.3 Å². The Bertz CT molecular complexity index is 257. The summed E-state index contributed by atoms with van der Waals surface area (Å²) in [5, 5.41) is 0. The molecule has 0 aromatic rings. The van der Waals surface area contributed by atoms with E-state index >= 15 is 0 Å². The fourth-order valence-electron chi connectivity index (χ4n) is 2.94. The summed E-state index contributed by atoms with van der Waals surface area (Å²) in [4.78, 5) is 0. The third kappa shape index (κ3) is 2.25. The van der Waals surface area contributed by atoms with Crippen molar-refractivity contribution in [1.82, 2.24) is 0 Å². The first-order valence-corrected chi connectivity index (χ1v) is 6.40. The molecule has 0 aromatic carbocycles. The van der Waals surface area contributed by atoms with E-state index in [4.69, 9.17) is 15.2 Å². The SMILES string of the molecule is COC1(C(N)C2=COCCC2)CCCCC1. The number of ether oxygens (including phenoxy) is 2. The molecule has 1 atom stereocenters.